The van der Waals surface area contributed by atoms with E-state index in [-0.39, 0.29) is 12.1 Å². The molecule has 0 heterocycles. The van der Waals surface area contributed by atoms with Crippen LogP contribution in [0.2, 0.25) is 0 Å². The summed E-state index contributed by atoms with van der Waals surface area (Å²) in [5.41, 5.74) is 2.23. The maximum atomic E-state index is 10.6. The van der Waals surface area contributed by atoms with Crippen LogP contribution in [0.1, 0.15) is 20.8 Å². The standard InChI is InChI=1S/C6H14N2O2/c1-4-7-6(9)8-10-5(2)3/h5H,4H2,1-3H3,(H2,7,8,9). The molecule has 10 heavy (non-hydrogen) atoms. The van der Waals surface area contributed by atoms with Crippen molar-refractivity contribution in [1.82, 2.24) is 10.8 Å². The van der Waals surface area contributed by atoms with Gasteiger partial charge in [-0.2, -0.15) is 0 Å². The van der Waals surface area contributed by atoms with Crippen LogP contribution in [0.4, 0.5) is 4.79 Å². The topological polar surface area (TPSA) is 50.4 Å². The summed E-state index contributed by atoms with van der Waals surface area (Å²) in [6.45, 7) is 6.13. The van der Waals surface area contributed by atoms with E-state index in [1.54, 1.807) is 0 Å². The number of hydroxylamine groups is 1. The van der Waals surface area contributed by atoms with Crippen LogP contribution in [-0.4, -0.2) is 18.7 Å². The Morgan fingerprint density at radius 2 is 2.20 bits per heavy atom. The molecule has 0 fully saturated rings. The van der Waals surface area contributed by atoms with E-state index < -0.39 is 0 Å². The van der Waals surface area contributed by atoms with Gasteiger partial charge in [0, 0.05) is 6.54 Å². The Kier molecular flexibility index (Phi) is 4.66. The van der Waals surface area contributed by atoms with E-state index in [4.69, 9.17) is 4.84 Å². The SMILES string of the molecule is CCNC(=O)NOC(C)C. The summed E-state index contributed by atoms with van der Waals surface area (Å²) in [6.07, 6.45) is 0.0163. The van der Waals surface area contributed by atoms with Crippen molar-refractivity contribution in [1.29, 1.82) is 0 Å². The molecule has 0 aromatic carbocycles. The molecule has 0 rings (SSSR count). The van der Waals surface area contributed by atoms with Crippen LogP contribution in [0, 0.1) is 0 Å². The van der Waals surface area contributed by atoms with Crippen LogP contribution in [0.3, 0.4) is 0 Å². The molecule has 0 atom stereocenters. The lowest BCUT2D eigenvalue weighted by molar-refractivity contribution is 0.0164. The predicted molar refractivity (Wildman–Crippen MR) is 38.4 cm³/mol. The molecule has 0 bridgehead atoms. The van der Waals surface area contributed by atoms with E-state index in [1.165, 1.54) is 0 Å². The zero-order chi connectivity index (χ0) is 7.98. The number of carbonyl (C=O) groups excluding carboxylic acids is 1. The summed E-state index contributed by atoms with van der Waals surface area (Å²) in [7, 11) is 0. The first-order chi connectivity index (χ1) is 4.66. The van der Waals surface area contributed by atoms with E-state index in [0.717, 1.165) is 0 Å². The summed E-state index contributed by atoms with van der Waals surface area (Å²) in [4.78, 5) is 15.4. The molecule has 4 nitrogen and oxygen atoms in total. The molecule has 0 spiro atoms. The van der Waals surface area contributed by atoms with Crippen LogP contribution in [0.25, 0.3) is 0 Å². The number of urea groups is 1. The average Bonchev–Trinajstić information content (AvgIpc) is 1.85. The van der Waals surface area contributed by atoms with Crippen molar-refractivity contribution >= 4 is 6.03 Å². The highest BCUT2D eigenvalue weighted by Crippen LogP contribution is 1.80. The van der Waals surface area contributed by atoms with Crippen LogP contribution in [-0.2, 0) is 4.84 Å². The van der Waals surface area contributed by atoms with Gasteiger partial charge < -0.3 is 5.32 Å². The molecule has 0 aliphatic rings. The zero-order valence-electron chi connectivity index (χ0n) is 6.60. The maximum absolute atomic E-state index is 10.6. The van der Waals surface area contributed by atoms with Gasteiger partial charge in [0.05, 0.1) is 6.10 Å². The highest BCUT2D eigenvalue weighted by atomic mass is 16.7. The lowest BCUT2D eigenvalue weighted by atomic mass is 10.5. The Hall–Kier alpha value is -0.770. The van der Waals surface area contributed by atoms with Crippen molar-refractivity contribution in [2.75, 3.05) is 6.54 Å². The lowest BCUT2D eigenvalue weighted by Gasteiger charge is -2.07. The predicted octanol–water partition coefficient (Wildman–Crippen LogP) is 0.645. The molecule has 0 unspecified atom stereocenters. The van der Waals surface area contributed by atoms with Crippen molar-refractivity contribution in [2.45, 2.75) is 26.9 Å². The third kappa shape index (κ3) is 5.37. The highest BCUT2D eigenvalue weighted by molar-refractivity contribution is 5.72. The molecule has 0 saturated carbocycles. The van der Waals surface area contributed by atoms with Crippen LogP contribution < -0.4 is 10.8 Å². The van der Waals surface area contributed by atoms with E-state index in [9.17, 15) is 4.79 Å². The second kappa shape index (κ2) is 5.05. The van der Waals surface area contributed by atoms with Gasteiger partial charge in [0.1, 0.15) is 0 Å². The van der Waals surface area contributed by atoms with Gasteiger partial charge in [-0.3, -0.25) is 4.84 Å². The summed E-state index contributed by atoms with van der Waals surface area (Å²) in [5, 5.41) is 2.53. The van der Waals surface area contributed by atoms with Crippen LogP contribution in [0.5, 0.6) is 0 Å². The highest BCUT2D eigenvalue weighted by Gasteiger charge is 1.97. The Bertz CT molecular complexity index is 104. The van der Waals surface area contributed by atoms with Gasteiger partial charge in [0.2, 0.25) is 0 Å². The van der Waals surface area contributed by atoms with Gasteiger partial charge in [-0.1, -0.05) is 0 Å². The molecule has 0 aliphatic heterocycles. The van der Waals surface area contributed by atoms with Gasteiger partial charge in [-0.15, -0.1) is 0 Å². The maximum Gasteiger partial charge on any atom is 0.338 e. The van der Waals surface area contributed by atoms with Crippen LogP contribution >= 0.6 is 0 Å². The fourth-order valence-corrected chi connectivity index (χ4v) is 0.368. The van der Waals surface area contributed by atoms with Gasteiger partial charge in [-0.05, 0) is 20.8 Å². The molecule has 0 aliphatic carbocycles. The van der Waals surface area contributed by atoms with E-state index in [2.05, 4.69) is 10.8 Å². The first-order valence-electron chi connectivity index (χ1n) is 3.36. The molecular weight excluding hydrogens is 132 g/mol. The Morgan fingerprint density at radius 3 is 2.60 bits per heavy atom. The minimum absolute atomic E-state index is 0.0163. The smallest absolute Gasteiger partial charge is 0.337 e. The fourth-order valence-electron chi connectivity index (χ4n) is 0.368. The second-order valence-corrected chi connectivity index (χ2v) is 2.13. The lowest BCUT2D eigenvalue weighted by Crippen LogP contribution is -2.36. The summed E-state index contributed by atoms with van der Waals surface area (Å²) < 4.78 is 0. The molecule has 60 valence electrons. The van der Waals surface area contributed by atoms with Gasteiger partial charge in [0.25, 0.3) is 0 Å². The van der Waals surface area contributed by atoms with Gasteiger partial charge in [-0.25, -0.2) is 10.3 Å². The molecule has 2 N–H and O–H groups in total. The van der Waals surface area contributed by atoms with E-state index in [1.807, 2.05) is 20.8 Å². The second-order valence-electron chi connectivity index (χ2n) is 2.13. The van der Waals surface area contributed by atoms with Gasteiger partial charge in [0.15, 0.2) is 0 Å². The summed E-state index contributed by atoms with van der Waals surface area (Å²) in [6, 6.07) is -0.295. The van der Waals surface area contributed by atoms with Gasteiger partial charge >= 0.3 is 6.03 Å². The van der Waals surface area contributed by atoms with Crippen molar-refractivity contribution in [3.63, 3.8) is 0 Å². The molecule has 0 aromatic rings. The molecule has 0 saturated heterocycles. The Labute approximate surface area is 60.9 Å². The first kappa shape index (κ1) is 9.23. The molecule has 0 radical (unpaired) electrons. The van der Waals surface area contributed by atoms with Crippen LogP contribution in [0.15, 0.2) is 0 Å². The normalized spacial score (nSPS) is 9.60. The largest absolute Gasteiger partial charge is 0.338 e. The summed E-state index contributed by atoms with van der Waals surface area (Å²) in [5.74, 6) is 0. The number of carbonyl (C=O) groups is 1. The minimum Gasteiger partial charge on any atom is -0.337 e. The molecule has 2 amide bonds. The van der Waals surface area contributed by atoms with E-state index >= 15 is 0 Å². The number of rotatable bonds is 3. The number of nitrogens with one attached hydrogen (secondary N) is 2. The minimum atomic E-state index is -0.295. The number of amides is 2. The average molecular weight is 146 g/mol. The third-order valence-electron chi connectivity index (χ3n) is 0.725. The molecular formula is C6H14N2O2. The number of hydrogen-bond donors (Lipinski definition) is 2. The number of hydrogen-bond acceptors (Lipinski definition) is 2. The Morgan fingerprint density at radius 1 is 1.60 bits per heavy atom. The van der Waals surface area contributed by atoms with Crippen molar-refractivity contribution in [2.24, 2.45) is 0 Å². The molecule has 0 aromatic heterocycles. The monoisotopic (exact) mass is 146 g/mol. The van der Waals surface area contributed by atoms with Crippen molar-refractivity contribution in [3.05, 3.63) is 0 Å². The van der Waals surface area contributed by atoms with Crippen molar-refractivity contribution in [3.8, 4) is 0 Å². The zero-order valence-corrected chi connectivity index (χ0v) is 6.60. The first-order valence-corrected chi connectivity index (χ1v) is 3.36. The molecule has 4 heteroatoms. The van der Waals surface area contributed by atoms with Crippen molar-refractivity contribution < 1.29 is 9.63 Å². The Balaban J connectivity index is 3.22. The fraction of sp³-hybridized carbons (Fsp3) is 0.833. The third-order valence-corrected chi connectivity index (χ3v) is 0.725. The quantitative estimate of drug-likeness (QED) is 0.574. The van der Waals surface area contributed by atoms with E-state index in [0.29, 0.717) is 6.54 Å². The summed E-state index contributed by atoms with van der Waals surface area (Å²) >= 11 is 0.